The first-order valence-electron chi connectivity index (χ1n) is 10.4. The molecule has 0 unspecified atom stereocenters. The van der Waals surface area contributed by atoms with Gasteiger partial charge in [-0.3, -0.25) is 9.59 Å². The van der Waals surface area contributed by atoms with Crippen LogP contribution in [-0.2, 0) is 9.53 Å². The number of benzene rings is 2. The van der Waals surface area contributed by atoms with Gasteiger partial charge < -0.3 is 19.5 Å². The maximum Gasteiger partial charge on any atom is 0.359 e. The Hall–Kier alpha value is -4.18. The van der Waals surface area contributed by atoms with Crippen LogP contribution in [0.15, 0.2) is 64.8 Å². The van der Waals surface area contributed by atoms with Gasteiger partial charge in [-0.05, 0) is 31.2 Å². The third-order valence-corrected chi connectivity index (χ3v) is 5.68. The van der Waals surface area contributed by atoms with E-state index in [0.29, 0.717) is 22.6 Å². The number of esters is 1. The maximum atomic E-state index is 13.4. The van der Waals surface area contributed by atoms with E-state index in [1.54, 1.807) is 60.8 Å². The fourth-order valence-electron chi connectivity index (χ4n) is 3.24. The second-order valence-corrected chi connectivity index (χ2v) is 7.87. The third kappa shape index (κ3) is 4.76. The SMILES string of the molecule is CCOC(=O)c1nn(-c2cccc(OC)c2)c(=O)c2c(NC(=O)COc3ccccc3)scc12. The molecule has 0 saturated carbocycles. The van der Waals surface area contributed by atoms with Gasteiger partial charge in [0.25, 0.3) is 11.5 Å². The standard InChI is InChI=1S/C24H21N3O6S/c1-3-32-24(30)21-18-14-34-22(25-19(28)13-33-16-9-5-4-6-10-16)20(18)23(29)27(26-21)15-8-7-11-17(12-15)31-2/h4-12,14H,3,13H2,1-2H3,(H,25,28). The molecule has 1 amide bonds. The molecule has 0 radical (unpaired) electrons. The van der Waals surface area contributed by atoms with E-state index >= 15 is 0 Å². The van der Waals surface area contributed by atoms with Gasteiger partial charge in [-0.1, -0.05) is 24.3 Å². The van der Waals surface area contributed by atoms with Crippen LogP contribution in [0.25, 0.3) is 16.5 Å². The average molecular weight is 480 g/mol. The van der Waals surface area contributed by atoms with Gasteiger partial charge in [0.15, 0.2) is 12.3 Å². The minimum atomic E-state index is -0.674. The fourth-order valence-corrected chi connectivity index (χ4v) is 4.19. The molecular formula is C24H21N3O6S. The van der Waals surface area contributed by atoms with E-state index in [-0.39, 0.29) is 29.3 Å². The molecule has 174 valence electrons. The lowest BCUT2D eigenvalue weighted by atomic mass is 10.2. The van der Waals surface area contributed by atoms with Gasteiger partial charge in [-0.2, -0.15) is 9.78 Å². The summed E-state index contributed by atoms with van der Waals surface area (Å²) in [5.74, 6) is -0.0644. The minimum absolute atomic E-state index is 0.0310. The number of fused-ring (bicyclic) bond motifs is 1. The zero-order valence-corrected chi connectivity index (χ0v) is 19.3. The number of aromatic nitrogens is 2. The summed E-state index contributed by atoms with van der Waals surface area (Å²) < 4.78 is 17.0. The normalized spacial score (nSPS) is 10.6. The summed E-state index contributed by atoms with van der Waals surface area (Å²) in [4.78, 5) is 38.6. The summed E-state index contributed by atoms with van der Waals surface area (Å²) in [7, 11) is 1.51. The molecule has 0 fully saturated rings. The Morgan fingerprint density at radius 2 is 1.85 bits per heavy atom. The first kappa shape index (κ1) is 23.0. The molecule has 2 aromatic carbocycles. The van der Waals surface area contributed by atoms with Gasteiger partial charge >= 0.3 is 5.97 Å². The van der Waals surface area contributed by atoms with Crippen molar-refractivity contribution in [2.75, 3.05) is 25.6 Å². The van der Waals surface area contributed by atoms with Crippen molar-refractivity contribution in [3.8, 4) is 17.2 Å². The summed E-state index contributed by atoms with van der Waals surface area (Å²) in [6, 6.07) is 15.6. The van der Waals surface area contributed by atoms with Gasteiger partial charge in [0.1, 0.15) is 16.5 Å². The zero-order valence-electron chi connectivity index (χ0n) is 18.4. The molecule has 4 aromatic rings. The lowest BCUT2D eigenvalue weighted by Crippen LogP contribution is -2.26. The predicted molar refractivity (Wildman–Crippen MR) is 128 cm³/mol. The van der Waals surface area contributed by atoms with E-state index in [1.807, 2.05) is 6.07 Å². The van der Waals surface area contributed by atoms with Gasteiger partial charge in [0.2, 0.25) is 0 Å². The molecule has 0 bridgehead atoms. The highest BCUT2D eigenvalue weighted by Gasteiger charge is 2.23. The van der Waals surface area contributed by atoms with E-state index in [1.165, 1.54) is 7.11 Å². The highest BCUT2D eigenvalue weighted by Crippen LogP contribution is 2.31. The maximum absolute atomic E-state index is 13.4. The van der Waals surface area contributed by atoms with Crippen LogP contribution >= 0.6 is 11.3 Å². The van der Waals surface area contributed by atoms with Crippen LogP contribution in [0.4, 0.5) is 5.00 Å². The second kappa shape index (κ2) is 10.2. The largest absolute Gasteiger partial charge is 0.497 e. The summed E-state index contributed by atoms with van der Waals surface area (Å²) in [6.07, 6.45) is 0. The van der Waals surface area contributed by atoms with Crippen molar-refractivity contribution in [2.24, 2.45) is 0 Å². The molecule has 1 N–H and O–H groups in total. The number of hydrogen-bond donors (Lipinski definition) is 1. The first-order valence-corrected chi connectivity index (χ1v) is 11.2. The monoisotopic (exact) mass is 479 g/mol. The highest BCUT2D eigenvalue weighted by atomic mass is 32.1. The van der Waals surface area contributed by atoms with Gasteiger partial charge in [0.05, 0.1) is 24.8 Å². The number of amides is 1. The van der Waals surface area contributed by atoms with Gasteiger partial charge in [-0.25, -0.2) is 4.79 Å². The Morgan fingerprint density at radius 1 is 1.09 bits per heavy atom. The molecule has 2 heterocycles. The van der Waals surface area contributed by atoms with Gasteiger partial charge in [-0.15, -0.1) is 11.3 Å². The molecule has 0 aliphatic carbocycles. The topological polar surface area (TPSA) is 109 Å². The molecule has 2 aromatic heterocycles. The Labute approximate surface area is 198 Å². The van der Waals surface area contributed by atoms with Crippen LogP contribution in [0, 0.1) is 0 Å². The van der Waals surface area contributed by atoms with Crippen molar-refractivity contribution < 1.29 is 23.8 Å². The number of ether oxygens (including phenoxy) is 3. The molecule has 0 aliphatic rings. The van der Waals surface area contributed by atoms with Crippen LogP contribution < -0.4 is 20.3 Å². The third-order valence-electron chi connectivity index (χ3n) is 4.79. The number of carbonyl (C=O) groups is 2. The van der Waals surface area contributed by atoms with E-state index < -0.39 is 17.4 Å². The van der Waals surface area contributed by atoms with Crippen molar-refractivity contribution in [1.82, 2.24) is 9.78 Å². The van der Waals surface area contributed by atoms with Crippen molar-refractivity contribution in [2.45, 2.75) is 6.92 Å². The van der Waals surface area contributed by atoms with Crippen LogP contribution in [0.2, 0.25) is 0 Å². The summed E-state index contributed by atoms with van der Waals surface area (Å²) in [5.41, 5.74) is -0.138. The number of methoxy groups -OCH3 is 1. The number of nitrogens with one attached hydrogen (secondary N) is 1. The number of hydrogen-bond acceptors (Lipinski definition) is 8. The lowest BCUT2D eigenvalue weighted by Gasteiger charge is -2.11. The Kier molecular flexibility index (Phi) is 6.88. The predicted octanol–water partition coefficient (Wildman–Crippen LogP) is 3.65. The number of carbonyl (C=O) groups excluding carboxylic acids is 2. The molecule has 4 rings (SSSR count). The summed E-state index contributed by atoms with van der Waals surface area (Å²) in [5, 5.41) is 9.32. The number of nitrogens with zero attached hydrogens (tertiary/aromatic N) is 2. The Morgan fingerprint density at radius 3 is 2.59 bits per heavy atom. The van der Waals surface area contributed by atoms with Crippen molar-refractivity contribution in [1.29, 1.82) is 0 Å². The quantitative estimate of drug-likeness (QED) is 0.384. The highest BCUT2D eigenvalue weighted by molar-refractivity contribution is 7.16. The second-order valence-electron chi connectivity index (χ2n) is 6.99. The molecule has 34 heavy (non-hydrogen) atoms. The fraction of sp³-hybridized carbons (Fsp3) is 0.167. The zero-order chi connectivity index (χ0) is 24.1. The number of thiophene rings is 1. The van der Waals surface area contributed by atoms with E-state index in [4.69, 9.17) is 14.2 Å². The van der Waals surface area contributed by atoms with Crippen molar-refractivity contribution in [3.05, 3.63) is 76.0 Å². The van der Waals surface area contributed by atoms with Crippen LogP contribution in [0.3, 0.4) is 0 Å². The van der Waals surface area contributed by atoms with E-state index in [9.17, 15) is 14.4 Å². The van der Waals surface area contributed by atoms with Crippen molar-refractivity contribution >= 4 is 39.0 Å². The molecule has 9 nitrogen and oxygen atoms in total. The molecule has 0 saturated heterocycles. The molecule has 0 atom stereocenters. The Bertz CT molecular complexity index is 1400. The Balaban J connectivity index is 1.75. The first-order chi connectivity index (χ1) is 16.5. The van der Waals surface area contributed by atoms with Gasteiger partial charge in [0, 0.05) is 16.8 Å². The number of rotatable bonds is 8. The van der Waals surface area contributed by atoms with Crippen LogP contribution in [0.5, 0.6) is 11.5 Å². The molecular weight excluding hydrogens is 458 g/mol. The molecule has 0 spiro atoms. The lowest BCUT2D eigenvalue weighted by molar-refractivity contribution is -0.118. The van der Waals surface area contributed by atoms with Crippen LogP contribution in [0.1, 0.15) is 17.4 Å². The average Bonchev–Trinajstić information content (AvgIpc) is 3.27. The number of para-hydroxylation sites is 1. The van der Waals surface area contributed by atoms with E-state index in [2.05, 4.69) is 10.4 Å². The number of anilines is 1. The van der Waals surface area contributed by atoms with Crippen molar-refractivity contribution in [3.63, 3.8) is 0 Å². The van der Waals surface area contributed by atoms with Crippen LogP contribution in [-0.4, -0.2) is 42.0 Å². The molecule has 0 aliphatic heterocycles. The smallest absolute Gasteiger partial charge is 0.359 e. The molecule has 10 heteroatoms. The summed E-state index contributed by atoms with van der Waals surface area (Å²) >= 11 is 1.11. The minimum Gasteiger partial charge on any atom is -0.497 e. The summed E-state index contributed by atoms with van der Waals surface area (Å²) in [6.45, 7) is 1.58. The van der Waals surface area contributed by atoms with E-state index in [0.717, 1.165) is 16.0 Å².